The monoisotopic (exact) mass is 255 g/mol. The van der Waals surface area contributed by atoms with E-state index in [9.17, 15) is 9.59 Å². The maximum atomic E-state index is 11.6. The number of esters is 1. The Hall–Kier alpha value is -1.93. The van der Waals surface area contributed by atoms with Crippen molar-refractivity contribution >= 4 is 11.8 Å². The Morgan fingerprint density at radius 3 is 3.17 bits per heavy atom. The van der Waals surface area contributed by atoms with Gasteiger partial charge in [0.2, 0.25) is 0 Å². The second-order valence-corrected chi connectivity index (χ2v) is 3.70. The van der Waals surface area contributed by atoms with Crippen LogP contribution in [0.5, 0.6) is 0 Å². The summed E-state index contributed by atoms with van der Waals surface area (Å²) in [6.45, 7) is 1.46. The van der Waals surface area contributed by atoms with Gasteiger partial charge < -0.3 is 19.9 Å². The van der Waals surface area contributed by atoms with E-state index in [-0.39, 0.29) is 19.0 Å². The van der Waals surface area contributed by atoms with Crippen molar-refractivity contribution in [3.8, 4) is 0 Å². The van der Waals surface area contributed by atoms with E-state index in [1.165, 1.54) is 23.8 Å². The van der Waals surface area contributed by atoms with Crippen LogP contribution < -0.4 is 11.4 Å². The summed E-state index contributed by atoms with van der Waals surface area (Å²) in [6.07, 6.45) is 0.210. The molecule has 0 aromatic carbocycles. The Bertz CT molecular complexity index is 501. The average Bonchev–Trinajstić information content (AvgIpc) is 2.75. The van der Waals surface area contributed by atoms with Gasteiger partial charge in [0.25, 0.3) is 0 Å². The first kappa shape index (κ1) is 12.5. The standard InChI is InChI=1S/C10H13N3O5/c1-6(14)16-5-9-17-4-8(18-9)13-3-2-7(11)12-10(13)15/h2-3,8-9H,4-5H2,1H3,(H2,11,12,15)/t8-,9-/m0/s1. The zero-order valence-corrected chi connectivity index (χ0v) is 9.74. The fraction of sp³-hybridized carbons (Fsp3) is 0.500. The summed E-state index contributed by atoms with van der Waals surface area (Å²) in [6, 6.07) is 1.49. The van der Waals surface area contributed by atoms with Crippen molar-refractivity contribution in [1.82, 2.24) is 9.55 Å². The highest BCUT2D eigenvalue weighted by atomic mass is 16.7. The van der Waals surface area contributed by atoms with Crippen LogP contribution >= 0.6 is 0 Å². The largest absolute Gasteiger partial charge is 0.460 e. The SMILES string of the molecule is CC(=O)OC[C@H]1OC[C@@H](n2ccc(N)nc2=O)O1. The van der Waals surface area contributed by atoms with Gasteiger partial charge in [0, 0.05) is 13.1 Å². The molecule has 2 heterocycles. The van der Waals surface area contributed by atoms with E-state index in [2.05, 4.69) is 4.98 Å². The normalized spacial score (nSPS) is 22.9. The number of ether oxygens (including phenoxy) is 3. The zero-order chi connectivity index (χ0) is 13.1. The fourth-order valence-electron chi connectivity index (χ4n) is 1.51. The van der Waals surface area contributed by atoms with Gasteiger partial charge in [-0.25, -0.2) is 4.79 Å². The predicted molar refractivity (Wildman–Crippen MR) is 59.4 cm³/mol. The molecule has 8 heteroatoms. The smallest absolute Gasteiger partial charge is 0.351 e. The maximum absolute atomic E-state index is 11.6. The number of carbonyl (C=O) groups is 1. The summed E-state index contributed by atoms with van der Waals surface area (Å²) < 4.78 is 16.7. The van der Waals surface area contributed by atoms with E-state index in [4.69, 9.17) is 19.9 Å². The molecule has 1 aromatic heterocycles. The van der Waals surface area contributed by atoms with E-state index in [0.717, 1.165) is 0 Å². The van der Waals surface area contributed by atoms with Crippen LogP contribution in [-0.4, -0.2) is 35.0 Å². The highest BCUT2D eigenvalue weighted by Crippen LogP contribution is 2.19. The fourth-order valence-corrected chi connectivity index (χ4v) is 1.51. The van der Waals surface area contributed by atoms with Crippen molar-refractivity contribution in [1.29, 1.82) is 0 Å². The summed E-state index contributed by atoms with van der Waals surface area (Å²) in [5.74, 6) is -0.274. The molecule has 8 nitrogen and oxygen atoms in total. The van der Waals surface area contributed by atoms with E-state index in [0.29, 0.717) is 0 Å². The number of hydrogen-bond acceptors (Lipinski definition) is 7. The van der Waals surface area contributed by atoms with Gasteiger partial charge in [0.05, 0.1) is 6.61 Å². The molecule has 0 bridgehead atoms. The van der Waals surface area contributed by atoms with Gasteiger partial charge in [-0.15, -0.1) is 0 Å². The Labute approximate surface area is 102 Å². The molecule has 0 aliphatic carbocycles. The quantitative estimate of drug-likeness (QED) is 0.709. The van der Waals surface area contributed by atoms with Gasteiger partial charge in [-0.05, 0) is 6.07 Å². The van der Waals surface area contributed by atoms with Gasteiger partial charge in [-0.3, -0.25) is 9.36 Å². The number of rotatable bonds is 3. The third-order valence-electron chi connectivity index (χ3n) is 2.32. The van der Waals surface area contributed by atoms with Crippen LogP contribution in [0.2, 0.25) is 0 Å². The number of nitrogens with zero attached hydrogens (tertiary/aromatic N) is 2. The second kappa shape index (κ2) is 5.15. The van der Waals surface area contributed by atoms with E-state index < -0.39 is 24.2 Å². The van der Waals surface area contributed by atoms with Crippen molar-refractivity contribution in [3.05, 3.63) is 22.7 Å². The Balaban J connectivity index is 2.00. The van der Waals surface area contributed by atoms with Crippen molar-refractivity contribution in [3.63, 3.8) is 0 Å². The second-order valence-electron chi connectivity index (χ2n) is 3.70. The van der Waals surface area contributed by atoms with Crippen molar-refractivity contribution in [2.75, 3.05) is 18.9 Å². The topological polar surface area (TPSA) is 106 Å². The third-order valence-corrected chi connectivity index (χ3v) is 2.32. The van der Waals surface area contributed by atoms with Crippen molar-refractivity contribution in [2.24, 2.45) is 0 Å². The van der Waals surface area contributed by atoms with E-state index >= 15 is 0 Å². The van der Waals surface area contributed by atoms with E-state index in [1.807, 2.05) is 0 Å². The molecule has 1 aliphatic heterocycles. The average molecular weight is 255 g/mol. The summed E-state index contributed by atoms with van der Waals surface area (Å²) in [4.78, 5) is 25.8. The molecular weight excluding hydrogens is 242 g/mol. The van der Waals surface area contributed by atoms with Gasteiger partial charge in [-0.2, -0.15) is 4.98 Å². The molecule has 0 radical (unpaired) electrons. The highest BCUT2D eigenvalue weighted by molar-refractivity contribution is 5.65. The van der Waals surface area contributed by atoms with Crippen molar-refractivity contribution < 1.29 is 19.0 Å². The number of aromatic nitrogens is 2. The number of anilines is 1. The molecule has 1 fully saturated rings. The van der Waals surface area contributed by atoms with Crippen LogP contribution in [-0.2, 0) is 19.0 Å². The van der Waals surface area contributed by atoms with Crippen LogP contribution in [0.15, 0.2) is 17.1 Å². The minimum atomic E-state index is -0.677. The maximum Gasteiger partial charge on any atom is 0.351 e. The first-order valence-electron chi connectivity index (χ1n) is 5.31. The predicted octanol–water partition coefficient (Wildman–Crippen LogP) is -0.740. The molecule has 0 amide bonds. The summed E-state index contributed by atoms with van der Waals surface area (Å²) in [5, 5.41) is 0. The first-order valence-corrected chi connectivity index (χ1v) is 5.31. The highest BCUT2D eigenvalue weighted by Gasteiger charge is 2.28. The van der Waals surface area contributed by atoms with Gasteiger partial charge >= 0.3 is 11.7 Å². The lowest BCUT2D eigenvalue weighted by molar-refractivity contribution is -0.156. The van der Waals surface area contributed by atoms with E-state index in [1.54, 1.807) is 0 Å². The van der Waals surface area contributed by atoms with Crippen LogP contribution in [0.1, 0.15) is 13.2 Å². The Morgan fingerprint density at radius 2 is 2.50 bits per heavy atom. The van der Waals surface area contributed by atoms with Gasteiger partial charge in [0.15, 0.2) is 12.5 Å². The summed E-state index contributed by atoms with van der Waals surface area (Å²) in [7, 11) is 0. The summed E-state index contributed by atoms with van der Waals surface area (Å²) in [5.41, 5.74) is 4.86. The minimum Gasteiger partial charge on any atom is -0.460 e. The molecule has 2 N–H and O–H groups in total. The molecule has 18 heavy (non-hydrogen) atoms. The number of nitrogen functional groups attached to an aromatic ring is 1. The molecule has 0 spiro atoms. The lowest BCUT2D eigenvalue weighted by Gasteiger charge is -2.12. The van der Waals surface area contributed by atoms with Gasteiger partial charge in [-0.1, -0.05) is 0 Å². The number of hydrogen-bond donors (Lipinski definition) is 1. The zero-order valence-electron chi connectivity index (χ0n) is 9.74. The lowest BCUT2D eigenvalue weighted by atomic mass is 10.5. The van der Waals surface area contributed by atoms with Crippen LogP contribution in [0.4, 0.5) is 5.82 Å². The van der Waals surface area contributed by atoms with Gasteiger partial charge in [0.1, 0.15) is 12.4 Å². The lowest BCUT2D eigenvalue weighted by Crippen LogP contribution is -2.28. The first-order chi connectivity index (χ1) is 8.56. The van der Waals surface area contributed by atoms with Crippen LogP contribution in [0.25, 0.3) is 0 Å². The molecule has 1 saturated heterocycles. The molecule has 0 unspecified atom stereocenters. The molecule has 1 aromatic rings. The van der Waals surface area contributed by atoms with Crippen LogP contribution in [0.3, 0.4) is 0 Å². The molecule has 98 valence electrons. The number of carbonyl (C=O) groups excluding carboxylic acids is 1. The molecule has 2 rings (SSSR count). The number of nitrogens with two attached hydrogens (primary N) is 1. The molecule has 1 aliphatic rings. The van der Waals surface area contributed by atoms with Crippen LogP contribution in [0, 0.1) is 0 Å². The minimum absolute atomic E-state index is 0.0109. The Morgan fingerprint density at radius 1 is 1.72 bits per heavy atom. The molecule has 0 saturated carbocycles. The molecular formula is C10H13N3O5. The van der Waals surface area contributed by atoms with Crippen molar-refractivity contribution in [2.45, 2.75) is 19.4 Å². The third kappa shape index (κ3) is 2.84. The molecule has 2 atom stereocenters. The Kier molecular flexibility index (Phi) is 3.58. The summed E-state index contributed by atoms with van der Waals surface area (Å²) >= 11 is 0.